The van der Waals surface area contributed by atoms with Gasteiger partial charge in [-0.3, -0.25) is 0 Å². The van der Waals surface area contributed by atoms with Crippen molar-refractivity contribution in [3.05, 3.63) is 42.5 Å². The van der Waals surface area contributed by atoms with Gasteiger partial charge >= 0.3 is 6.09 Å². The maximum Gasteiger partial charge on any atom is 0.410 e. The first-order valence-electron chi connectivity index (χ1n) is 12.4. The molecule has 10 nitrogen and oxygen atoms in total. The number of thiazole rings is 1. The number of benzene rings is 1. The lowest BCUT2D eigenvalue weighted by Crippen LogP contribution is -2.50. The molecule has 0 aliphatic carbocycles. The van der Waals surface area contributed by atoms with Crippen LogP contribution in [0.4, 0.5) is 15.6 Å². The van der Waals surface area contributed by atoms with E-state index in [0.717, 1.165) is 37.8 Å². The molecule has 3 N–H and O–H groups in total. The van der Waals surface area contributed by atoms with Crippen LogP contribution in [0.15, 0.2) is 36.8 Å². The number of fused-ring (bicyclic) bond motifs is 2. The number of anilines is 2. The topological polar surface area (TPSA) is 117 Å². The molecule has 0 radical (unpaired) electrons. The van der Waals surface area contributed by atoms with Crippen LogP contribution in [0.1, 0.15) is 39.3 Å². The first-order valence-corrected chi connectivity index (χ1v) is 13.3. The lowest BCUT2D eigenvalue weighted by Gasteiger charge is -2.42. The van der Waals surface area contributed by atoms with Crippen molar-refractivity contribution in [2.24, 2.45) is 0 Å². The summed E-state index contributed by atoms with van der Waals surface area (Å²) < 4.78 is 11.8. The smallest absolute Gasteiger partial charge is 0.410 e. The van der Waals surface area contributed by atoms with Crippen LogP contribution in [0.2, 0.25) is 0 Å². The van der Waals surface area contributed by atoms with Crippen molar-refractivity contribution in [1.29, 1.82) is 0 Å². The van der Waals surface area contributed by atoms with Gasteiger partial charge in [0, 0.05) is 49.7 Å². The Bertz CT molecular complexity index is 1350. The van der Waals surface area contributed by atoms with Crippen molar-refractivity contribution < 1.29 is 14.3 Å². The van der Waals surface area contributed by atoms with Crippen molar-refractivity contribution in [3.63, 3.8) is 0 Å². The van der Waals surface area contributed by atoms with Gasteiger partial charge in [-0.05, 0) is 57.9 Å². The molecule has 1 fully saturated rings. The Labute approximate surface area is 219 Å². The van der Waals surface area contributed by atoms with Gasteiger partial charge in [-0.2, -0.15) is 0 Å². The van der Waals surface area contributed by atoms with Gasteiger partial charge in [0.2, 0.25) is 0 Å². The molecule has 1 aliphatic heterocycles. The standard InChI is InChI=1S/C26H33N7O3S/c1-25(2,3)36-24(34)33-10-7-26(8-11-33,21-13-17-15-27-16-29-22(17)31-21)32-18-5-6-19-20(14-18)37-23(30-19)28-9-12-35-4/h5-6,13-16,32H,7-12H2,1-4H3,(H,28,30)(H,27,29,31). The van der Waals surface area contributed by atoms with Crippen molar-refractivity contribution >= 4 is 49.5 Å². The molecule has 0 atom stereocenters. The number of carbonyl (C=O) groups excluding carboxylic acids is 1. The summed E-state index contributed by atoms with van der Waals surface area (Å²) in [5.41, 5.74) is 2.82. The van der Waals surface area contributed by atoms with Crippen LogP contribution in [-0.2, 0) is 15.0 Å². The van der Waals surface area contributed by atoms with Crippen LogP contribution < -0.4 is 10.6 Å². The van der Waals surface area contributed by atoms with Gasteiger partial charge in [0.15, 0.2) is 5.13 Å². The van der Waals surface area contributed by atoms with Crippen molar-refractivity contribution in [3.8, 4) is 0 Å². The quantitative estimate of drug-likeness (QED) is 0.291. The van der Waals surface area contributed by atoms with Crippen LogP contribution in [0.25, 0.3) is 21.3 Å². The second-order valence-electron chi connectivity index (χ2n) is 10.3. The molecule has 0 unspecified atom stereocenters. The van der Waals surface area contributed by atoms with Crippen molar-refractivity contribution in [2.45, 2.75) is 44.8 Å². The number of amides is 1. The highest BCUT2D eigenvalue weighted by Gasteiger charge is 2.40. The molecule has 11 heteroatoms. The maximum absolute atomic E-state index is 12.7. The Morgan fingerprint density at radius 3 is 2.78 bits per heavy atom. The Hall–Kier alpha value is -3.44. The molecule has 4 aromatic rings. The Balaban J connectivity index is 1.41. The number of nitrogens with zero attached hydrogens (tertiary/aromatic N) is 4. The van der Waals surface area contributed by atoms with Gasteiger partial charge in [0.25, 0.3) is 0 Å². The number of H-pyrrole nitrogens is 1. The summed E-state index contributed by atoms with van der Waals surface area (Å²) in [4.78, 5) is 31.3. The number of aromatic amines is 1. The number of carbonyl (C=O) groups is 1. The molecule has 37 heavy (non-hydrogen) atoms. The third kappa shape index (κ3) is 5.62. The van der Waals surface area contributed by atoms with E-state index in [1.807, 2.05) is 33.0 Å². The highest BCUT2D eigenvalue weighted by molar-refractivity contribution is 7.22. The molecule has 1 aromatic carbocycles. The fourth-order valence-electron chi connectivity index (χ4n) is 4.60. The third-order valence-electron chi connectivity index (χ3n) is 6.43. The van der Waals surface area contributed by atoms with E-state index in [9.17, 15) is 4.79 Å². The minimum Gasteiger partial charge on any atom is -0.444 e. The lowest BCUT2D eigenvalue weighted by atomic mass is 9.84. The van der Waals surface area contributed by atoms with Gasteiger partial charge in [0.05, 0.1) is 22.4 Å². The molecule has 3 aromatic heterocycles. The van der Waals surface area contributed by atoms with Crippen molar-refractivity contribution in [1.82, 2.24) is 24.8 Å². The first-order chi connectivity index (χ1) is 17.7. The molecule has 0 spiro atoms. The highest BCUT2D eigenvalue weighted by Crippen LogP contribution is 2.39. The Morgan fingerprint density at radius 1 is 1.24 bits per heavy atom. The number of nitrogens with one attached hydrogen (secondary N) is 3. The predicted molar refractivity (Wildman–Crippen MR) is 146 cm³/mol. The summed E-state index contributed by atoms with van der Waals surface area (Å²) in [7, 11) is 1.69. The maximum atomic E-state index is 12.7. The third-order valence-corrected chi connectivity index (χ3v) is 7.41. The average Bonchev–Trinajstić information content (AvgIpc) is 3.47. The van der Waals surface area contributed by atoms with Crippen LogP contribution in [-0.4, -0.2) is 69.9 Å². The van der Waals surface area contributed by atoms with Crippen LogP contribution in [0.3, 0.4) is 0 Å². The van der Waals surface area contributed by atoms with E-state index < -0.39 is 11.1 Å². The van der Waals surface area contributed by atoms with E-state index >= 15 is 0 Å². The summed E-state index contributed by atoms with van der Waals surface area (Å²) in [6.07, 6.45) is 4.49. The van der Waals surface area contributed by atoms with Gasteiger partial charge in [-0.1, -0.05) is 11.3 Å². The molecular formula is C26H33N7O3S. The number of rotatable bonds is 7. The predicted octanol–water partition coefficient (Wildman–Crippen LogP) is 4.96. The summed E-state index contributed by atoms with van der Waals surface area (Å²) in [6, 6.07) is 8.34. The van der Waals surface area contributed by atoms with Crippen molar-refractivity contribution in [2.75, 3.05) is 44.0 Å². The minimum absolute atomic E-state index is 0.275. The van der Waals surface area contributed by atoms with Crippen LogP contribution >= 0.6 is 11.3 Å². The van der Waals surface area contributed by atoms with Crippen LogP contribution in [0.5, 0.6) is 0 Å². The first kappa shape index (κ1) is 25.2. The van der Waals surface area contributed by atoms with E-state index in [2.05, 4.69) is 48.8 Å². The van der Waals surface area contributed by atoms with E-state index in [1.54, 1.807) is 29.7 Å². The molecule has 0 saturated carbocycles. The highest BCUT2D eigenvalue weighted by atomic mass is 32.1. The number of likely N-dealkylation sites (tertiary alicyclic amines) is 1. The number of methoxy groups -OCH3 is 1. The molecule has 196 valence electrons. The average molecular weight is 524 g/mol. The fourth-order valence-corrected chi connectivity index (χ4v) is 5.53. The zero-order chi connectivity index (χ0) is 26.0. The van der Waals surface area contributed by atoms with E-state index in [0.29, 0.717) is 39.1 Å². The second-order valence-corrected chi connectivity index (χ2v) is 11.3. The number of ether oxygens (including phenoxy) is 2. The molecule has 4 heterocycles. The monoisotopic (exact) mass is 523 g/mol. The van der Waals surface area contributed by atoms with Gasteiger partial charge in [-0.15, -0.1) is 0 Å². The van der Waals surface area contributed by atoms with Gasteiger partial charge in [-0.25, -0.2) is 19.7 Å². The second kappa shape index (κ2) is 10.1. The number of hydrogen-bond donors (Lipinski definition) is 3. The van der Waals surface area contributed by atoms with E-state index in [4.69, 9.17) is 9.47 Å². The molecule has 1 aliphatic rings. The largest absolute Gasteiger partial charge is 0.444 e. The number of piperidine rings is 1. The summed E-state index contributed by atoms with van der Waals surface area (Å²) >= 11 is 1.62. The summed E-state index contributed by atoms with van der Waals surface area (Å²) in [6.45, 7) is 8.14. The zero-order valence-corrected chi connectivity index (χ0v) is 22.4. The minimum atomic E-state index is -0.527. The zero-order valence-electron chi connectivity index (χ0n) is 21.6. The summed E-state index contributed by atoms with van der Waals surface area (Å²) in [5, 5.41) is 8.95. The van der Waals surface area contributed by atoms with Gasteiger partial charge < -0.3 is 30.0 Å². The fraction of sp³-hybridized carbons (Fsp3) is 0.462. The molecule has 1 amide bonds. The molecular weight excluding hydrogens is 490 g/mol. The van der Waals surface area contributed by atoms with E-state index in [1.165, 1.54) is 0 Å². The summed E-state index contributed by atoms with van der Waals surface area (Å²) in [5.74, 6) is 0. The van der Waals surface area contributed by atoms with E-state index in [-0.39, 0.29) is 6.09 Å². The molecule has 0 bridgehead atoms. The SMILES string of the molecule is COCCNc1nc2ccc(NC3(c4cc5cncnc5[nH]4)CCN(C(=O)OC(C)(C)C)CC3)cc2s1. The molecule has 1 saturated heterocycles. The van der Waals surface area contributed by atoms with Gasteiger partial charge in [0.1, 0.15) is 17.6 Å². The number of aromatic nitrogens is 4. The number of hydrogen-bond acceptors (Lipinski definition) is 9. The normalized spacial score (nSPS) is 15.7. The lowest BCUT2D eigenvalue weighted by molar-refractivity contribution is 0.0174. The van der Waals surface area contributed by atoms with Crippen LogP contribution in [0, 0.1) is 0 Å². The Kier molecular flexibility index (Phi) is 6.91. The molecule has 5 rings (SSSR count). The Morgan fingerprint density at radius 2 is 2.05 bits per heavy atom.